The van der Waals surface area contributed by atoms with Gasteiger partial charge in [-0.25, -0.2) is 4.98 Å². The number of rotatable bonds is 2. The molecule has 0 bridgehead atoms. The molecule has 82 valence electrons. The first-order valence-corrected chi connectivity index (χ1v) is 5.67. The minimum atomic E-state index is 0.0822. The second-order valence-electron chi connectivity index (χ2n) is 4.65. The van der Waals surface area contributed by atoms with Crippen molar-refractivity contribution in [1.82, 2.24) is 9.55 Å². The lowest BCUT2D eigenvalue weighted by Crippen LogP contribution is -2.21. The summed E-state index contributed by atoms with van der Waals surface area (Å²) in [6, 6.07) is 0. The standard InChI is InChI=1S/C12H18N2O/c1-8(2)12-13-7-11-10(9(3)15)5-4-6-14(11)12/h7-8,10H,4-6H2,1-3H3. The van der Waals surface area contributed by atoms with Crippen molar-refractivity contribution in [3.8, 4) is 0 Å². The molecular formula is C12H18N2O. The molecule has 1 aliphatic heterocycles. The molecule has 0 aliphatic carbocycles. The Labute approximate surface area is 90.5 Å². The molecule has 2 heterocycles. The number of imidazole rings is 1. The van der Waals surface area contributed by atoms with E-state index in [-0.39, 0.29) is 11.7 Å². The number of hydrogen-bond donors (Lipinski definition) is 0. The molecule has 1 aromatic heterocycles. The van der Waals surface area contributed by atoms with Crippen molar-refractivity contribution in [3.05, 3.63) is 17.7 Å². The number of carbonyl (C=O) groups is 1. The molecule has 1 aliphatic rings. The fraction of sp³-hybridized carbons (Fsp3) is 0.667. The summed E-state index contributed by atoms with van der Waals surface area (Å²) in [5.41, 5.74) is 1.12. The fourth-order valence-electron chi connectivity index (χ4n) is 2.40. The molecule has 3 heteroatoms. The molecule has 3 nitrogen and oxygen atoms in total. The zero-order chi connectivity index (χ0) is 11.0. The largest absolute Gasteiger partial charge is 0.331 e. The Hall–Kier alpha value is -1.12. The van der Waals surface area contributed by atoms with Crippen molar-refractivity contribution in [2.75, 3.05) is 0 Å². The van der Waals surface area contributed by atoms with Crippen LogP contribution in [0.4, 0.5) is 0 Å². The normalized spacial score (nSPS) is 20.4. The van der Waals surface area contributed by atoms with E-state index in [1.54, 1.807) is 6.92 Å². The molecule has 2 rings (SSSR count). The van der Waals surface area contributed by atoms with E-state index in [0.29, 0.717) is 5.92 Å². The number of carbonyl (C=O) groups excluding carboxylic acids is 1. The molecule has 1 unspecified atom stereocenters. The summed E-state index contributed by atoms with van der Waals surface area (Å²) < 4.78 is 2.24. The number of hydrogen-bond acceptors (Lipinski definition) is 2. The van der Waals surface area contributed by atoms with E-state index in [0.717, 1.165) is 30.9 Å². The minimum Gasteiger partial charge on any atom is -0.331 e. The van der Waals surface area contributed by atoms with Crippen LogP contribution < -0.4 is 0 Å². The van der Waals surface area contributed by atoms with Crippen LogP contribution in [0.2, 0.25) is 0 Å². The van der Waals surface area contributed by atoms with E-state index >= 15 is 0 Å². The highest BCUT2D eigenvalue weighted by Gasteiger charge is 2.26. The maximum Gasteiger partial charge on any atom is 0.138 e. The second kappa shape index (κ2) is 3.80. The Balaban J connectivity index is 2.42. The van der Waals surface area contributed by atoms with Gasteiger partial charge in [0.05, 0.1) is 5.92 Å². The molecule has 0 spiro atoms. The SMILES string of the molecule is CC(=O)C1CCCn2c1cnc2C(C)C. The third-order valence-electron chi connectivity index (χ3n) is 3.16. The summed E-state index contributed by atoms with van der Waals surface area (Å²) in [7, 11) is 0. The van der Waals surface area contributed by atoms with Crippen LogP contribution in [-0.2, 0) is 11.3 Å². The average Bonchev–Trinajstić information content (AvgIpc) is 2.59. The average molecular weight is 206 g/mol. The molecule has 0 aromatic carbocycles. The Morgan fingerprint density at radius 3 is 2.93 bits per heavy atom. The third kappa shape index (κ3) is 1.71. The predicted octanol–water partition coefficient (Wildman–Crippen LogP) is 2.47. The van der Waals surface area contributed by atoms with Crippen molar-refractivity contribution in [3.63, 3.8) is 0 Å². The Kier molecular flexibility index (Phi) is 2.63. The van der Waals surface area contributed by atoms with Gasteiger partial charge >= 0.3 is 0 Å². The van der Waals surface area contributed by atoms with Crippen molar-refractivity contribution in [2.45, 2.75) is 52.0 Å². The Bertz CT molecular complexity index is 379. The topological polar surface area (TPSA) is 34.9 Å². The number of aromatic nitrogens is 2. The third-order valence-corrected chi connectivity index (χ3v) is 3.16. The van der Waals surface area contributed by atoms with Crippen molar-refractivity contribution < 1.29 is 4.79 Å². The van der Waals surface area contributed by atoms with Crippen LogP contribution >= 0.6 is 0 Å². The van der Waals surface area contributed by atoms with Gasteiger partial charge in [-0.2, -0.15) is 0 Å². The molecule has 0 N–H and O–H groups in total. The zero-order valence-electron chi connectivity index (χ0n) is 9.66. The van der Waals surface area contributed by atoms with Crippen LogP contribution in [0.5, 0.6) is 0 Å². The van der Waals surface area contributed by atoms with Crippen molar-refractivity contribution in [2.24, 2.45) is 0 Å². The van der Waals surface area contributed by atoms with Gasteiger partial charge in [-0.05, 0) is 19.8 Å². The van der Waals surface area contributed by atoms with Gasteiger partial charge in [0.2, 0.25) is 0 Å². The van der Waals surface area contributed by atoms with Gasteiger partial charge in [-0.3, -0.25) is 4.79 Å². The van der Waals surface area contributed by atoms with Crippen LogP contribution in [0.3, 0.4) is 0 Å². The molecule has 0 saturated carbocycles. The van der Waals surface area contributed by atoms with Crippen LogP contribution in [0, 0.1) is 0 Å². The molecule has 15 heavy (non-hydrogen) atoms. The Morgan fingerprint density at radius 1 is 1.60 bits per heavy atom. The summed E-state index contributed by atoms with van der Waals surface area (Å²) >= 11 is 0. The van der Waals surface area contributed by atoms with Crippen LogP contribution in [0.1, 0.15) is 57.0 Å². The number of ketones is 1. The lowest BCUT2D eigenvalue weighted by atomic mass is 9.93. The van der Waals surface area contributed by atoms with Gasteiger partial charge in [-0.15, -0.1) is 0 Å². The first-order chi connectivity index (χ1) is 7.11. The summed E-state index contributed by atoms with van der Waals surface area (Å²) in [5, 5.41) is 0. The van der Waals surface area contributed by atoms with Gasteiger partial charge in [0.1, 0.15) is 11.6 Å². The fourth-order valence-corrected chi connectivity index (χ4v) is 2.40. The van der Waals surface area contributed by atoms with E-state index in [2.05, 4.69) is 23.4 Å². The molecule has 1 atom stereocenters. The highest BCUT2D eigenvalue weighted by atomic mass is 16.1. The van der Waals surface area contributed by atoms with Gasteiger partial charge in [-0.1, -0.05) is 13.8 Å². The summed E-state index contributed by atoms with van der Waals surface area (Å²) in [4.78, 5) is 15.9. The van der Waals surface area contributed by atoms with Crippen molar-refractivity contribution >= 4 is 5.78 Å². The predicted molar refractivity (Wildman–Crippen MR) is 59.0 cm³/mol. The summed E-state index contributed by atoms with van der Waals surface area (Å²) in [6.07, 6.45) is 3.96. The van der Waals surface area contributed by atoms with E-state index < -0.39 is 0 Å². The van der Waals surface area contributed by atoms with E-state index in [4.69, 9.17) is 0 Å². The molecule has 0 fully saturated rings. The number of nitrogens with zero attached hydrogens (tertiary/aromatic N) is 2. The first-order valence-electron chi connectivity index (χ1n) is 5.67. The summed E-state index contributed by atoms with van der Waals surface area (Å²) in [5.74, 6) is 1.91. The first kappa shape index (κ1) is 10.4. The monoisotopic (exact) mass is 206 g/mol. The quantitative estimate of drug-likeness (QED) is 0.745. The summed E-state index contributed by atoms with van der Waals surface area (Å²) in [6.45, 7) is 7.00. The Morgan fingerprint density at radius 2 is 2.33 bits per heavy atom. The highest BCUT2D eigenvalue weighted by molar-refractivity contribution is 5.83. The second-order valence-corrected chi connectivity index (χ2v) is 4.65. The van der Waals surface area contributed by atoms with E-state index in [1.165, 1.54) is 0 Å². The van der Waals surface area contributed by atoms with Crippen LogP contribution in [-0.4, -0.2) is 15.3 Å². The van der Waals surface area contributed by atoms with Gasteiger partial charge < -0.3 is 4.57 Å². The molecule has 0 saturated heterocycles. The minimum absolute atomic E-state index is 0.0822. The van der Waals surface area contributed by atoms with Crippen LogP contribution in [0.25, 0.3) is 0 Å². The molecule has 1 aromatic rings. The van der Waals surface area contributed by atoms with E-state index in [9.17, 15) is 4.79 Å². The van der Waals surface area contributed by atoms with Gasteiger partial charge in [0.15, 0.2) is 0 Å². The molecular weight excluding hydrogens is 188 g/mol. The van der Waals surface area contributed by atoms with Crippen LogP contribution in [0.15, 0.2) is 6.20 Å². The number of Topliss-reactive ketones (excluding diaryl/α,β-unsaturated/α-hetero) is 1. The maximum atomic E-state index is 11.5. The highest BCUT2D eigenvalue weighted by Crippen LogP contribution is 2.30. The number of fused-ring (bicyclic) bond motifs is 1. The van der Waals surface area contributed by atoms with Gasteiger partial charge in [0, 0.05) is 24.4 Å². The lowest BCUT2D eigenvalue weighted by Gasteiger charge is -2.24. The molecule has 0 amide bonds. The zero-order valence-corrected chi connectivity index (χ0v) is 9.66. The smallest absolute Gasteiger partial charge is 0.138 e. The van der Waals surface area contributed by atoms with E-state index in [1.807, 2.05) is 6.20 Å². The lowest BCUT2D eigenvalue weighted by molar-refractivity contribution is -0.118. The van der Waals surface area contributed by atoms with Crippen molar-refractivity contribution in [1.29, 1.82) is 0 Å². The maximum absolute atomic E-state index is 11.5. The van der Waals surface area contributed by atoms with Gasteiger partial charge in [0.25, 0.3) is 0 Å². The molecule has 0 radical (unpaired) electrons.